The van der Waals surface area contributed by atoms with E-state index in [4.69, 9.17) is 4.42 Å². The number of nitrogens with zero attached hydrogens (tertiary/aromatic N) is 1. The van der Waals surface area contributed by atoms with Gasteiger partial charge in [0.15, 0.2) is 0 Å². The Morgan fingerprint density at radius 3 is 2.33 bits per heavy atom. The molecule has 0 radical (unpaired) electrons. The summed E-state index contributed by atoms with van der Waals surface area (Å²) in [5.41, 5.74) is -0.426. The molecule has 5 rings (SSSR count). The van der Waals surface area contributed by atoms with E-state index in [0.29, 0.717) is 18.1 Å². The van der Waals surface area contributed by atoms with Crippen molar-refractivity contribution in [1.82, 2.24) is 4.98 Å². The Bertz CT molecular complexity index is 1530. The van der Waals surface area contributed by atoms with Crippen LogP contribution in [0.15, 0.2) is 104 Å². The predicted octanol–water partition coefficient (Wildman–Crippen LogP) is 7.10. The highest BCUT2D eigenvalue weighted by atomic mass is 32.2. The molecule has 0 saturated carbocycles. The molecule has 0 unspecified atom stereocenters. The van der Waals surface area contributed by atoms with E-state index in [1.54, 1.807) is 17.8 Å². The number of hydrogen-bond acceptors (Lipinski definition) is 4. The van der Waals surface area contributed by atoms with Gasteiger partial charge in [-0.05, 0) is 53.3 Å². The number of alkyl halides is 3. The molecule has 0 atom stereocenters. The molecule has 33 heavy (non-hydrogen) atoms. The van der Waals surface area contributed by atoms with Gasteiger partial charge >= 0.3 is 11.8 Å². The largest absolute Gasteiger partial charge is 0.423 e. The molecule has 0 aliphatic carbocycles. The zero-order valence-corrected chi connectivity index (χ0v) is 17.9. The highest BCUT2D eigenvalue weighted by Gasteiger charge is 2.33. The van der Waals surface area contributed by atoms with Crippen LogP contribution in [0.25, 0.3) is 21.7 Å². The van der Waals surface area contributed by atoms with Crippen molar-refractivity contribution < 1.29 is 17.6 Å². The summed E-state index contributed by atoms with van der Waals surface area (Å²) in [4.78, 5) is 17.0. The van der Waals surface area contributed by atoms with Crippen molar-refractivity contribution in [3.63, 3.8) is 0 Å². The second-order valence-electron chi connectivity index (χ2n) is 7.60. The normalized spacial score (nSPS) is 11.8. The minimum absolute atomic E-state index is 0.0757. The summed E-state index contributed by atoms with van der Waals surface area (Å²) in [6.07, 6.45) is -2.34. The molecule has 0 aliphatic rings. The zero-order chi connectivity index (χ0) is 23.0. The first-order valence-corrected chi connectivity index (χ1v) is 10.9. The summed E-state index contributed by atoms with van der Waals surface area (Å²) in [6, 6.07) is 22.9. The zero-order valence-electron chi connectivity index (χ0n) is 17.1. The van der Waals surface area contributed by atoms with Gasteiger partial charge < -0.3 is 4.42 Å². The Balaban J connectivity index is 1.37. The lowest BCUT2D eigenvalue weighted by molar-refractivity contribution is -0.136. The monoisotopic (exact) mass is 463 g/mol. The van der Waals surface area contributed by atoms with Crippen LogP contribution in [-0.2, 0) is 12.6 Å². The first-order valence-electron chi connectivity index (χ1n) is 10.1. The first-order chi connectivity index (χ1) is 15.8. The summed E-state index contributed by atoms with van der Waals surface area (Å²) in [6.45, 7) is 0. The van der Waals surface area contributed by atoms with Crippen LogP contribution in [0.4, 0.5) is 13.2 Å². The number of benzene rings is 3. The molecule has 2 heterocycles. The number of hydrogen-bond donors (Lipinski definition) is 0. The minimum Gasteiger partial charge on any atom is -0.423 e. The highest BCUT2D eigenvalue weighted by molar-refractivity contribution is 7.99. The summed E-state index contributed by atoms with van der Waals surface area (Å²) in [7, 11) is 0. The minimum atomic E-state index is -4.64. The third-order valence-corrected chi connectivity index (χ3v) is 6.21. The molecule has 0 aliphatic heterocycles. The lowest BCUT2D eigenvalue weighted by Gasteiger charge is -2.10. The number of rotatable bonds is 4. The molecule has 5 aromatic rings. The Morgan fingerprint density at radius 2 is 1.58 bits per heavy atom. The van der Waals surface area contributed by atoms with Gasteiger partial charge in [-0.15, -0.1) is 0 Å². The van der Waals surface area contributed by atoms with Crippen LogP contribution < -0.4 is 5.63 Å². The average Bonchev–Trinajstić information content (AvgIpc) is 2.79. The summed E-state index contributed by atoms with van der Waals surface area (Å²) >= 11 is 1.55. The van der Waals surface area contributed by atoms with Gasteiger partial charge in [0.25, 0.3) is 0 Å². The van der Waals surface area contributed by atoms with Crippen LogP contribution >= 0.6 is 11.8 Å². The van der Waals surface area contributed by atoms with E-state index >= 15 is 0 Å². The molecule has 2 aromatic heterocycles. The second-order valence-corrected chi connectivity index (χ2v) is 8.69. The maximum absolute atomic E-state index is 13.4. The molecule has 0 bridgehead atoms. The molecular formula is C26H16F3NO2S. The van der Waals surface area contributed by atoms with Crippen LogP contribution in [0.3, 0.4) is 0 Å². The number of halogens is 3. The Hall–Kier alpha value is -3.58. The maximum Gasteiger partial charge on any atom is 0.417 e. The standard InChI is InChI=1S/C26H16F3NO2S/c27-26(28,29)22-14-25(31)32-23-10-7-17(12-21(22)23)11-16-5-8-20(9-6-16)33-24-13-18-3-1-2-4-19(18)15-30-24/h1-10,12-15H,11H2. The van der Waals surface area contributed by atoms with E-state index in [9.17, 15) is 18.0 Å². The Morgan fingerprint density at radius 1 is 0.848 bits per heavy atom. The van der Waals surface area contributed by atoms with Crippen molar-refractivity contribution in [2.45, 2.75) is 22.5 Å². The van der Waals surface area contributed by atoms with Crippen LogP contribution in [0.2, 0.25) is 0 Å². The van der Waals surface area contributed by atoms with Gasteiger partial charge in [-0.3, -0.25) is 0 Å². The van der Waals surface area contributed by atoms with Gasteiger partial charge in [-0.2, -0.15) is 13.2 Å². The summed E-state index contributed by atoms with van der Waals surface area (Å²) in [5.74, 6) is 0. The fourth-order valence-electron chi connectivity index (χ4n) is 3.71. The van der Waals surface area contributed by atoms with Crippen LogP contribution in [-0.4, -0.2) is 4.98 Å². The van der Waals surface area contributed by atoms with Gasteiger partial charge in [-0.1, -0.05) is 54.2 Å². The third-order valence-electron chi connectivity index (χ3n) is 5.27. The van der Waals surface area contributed by atoms with Gasteiger partial charge in [0.1, 0.15) is 10.6 Å². The second kappa shape index (κ2) is 8.41. The first kappa shape index (κ1) is 21.3. The van der Waals surface area contributed by atoms with Crippen molar-refractivity contribution in [3.05, 3.63) is 112 Å². The molecule has 3 aromatic carbocycles. The van der Waals surface area contributed by atoms with Crippen molar-refractivity contribution in [2.24, 2.45) is 0 Å². The van der Waals surface area contributed by atoms with Crippen LogP contribution in [0.1, 0.15) is 16.7 Å². The van der Waals surface area contributed by atoms with E-state index in [1.165, 1.54) is 12.1 Å². The van der Waals surface area contributed by atoms with Gasteiger partial charge in [0.2, 0.25) is 0 Å². The molecule has 3 nitrogen and oxygen atoms in total. The summed E-state index contributed by atoms with van der Waals surface area (Å²) < 4.78 is 45.1. The average molecular weight is 463 g/mol. The lowest BCUT2D eigenvalue weighted by atomic mass is 10.0. The topological polar surface area (TPSA) is 43.1 Å². The fraction of sp³-hybridized carbons (Fsp3) is 0.0769. The third kappa shape index (κ3) is 4.64. The molecule has 7 heteroatoms. The van der Waals surface area contributed by atoms with Crippen molar-refractivity contribution in [1.29, 1.82) is 0 Å². The molecule has 0 spiro atoms. The quantitative estimate of drug-likeness (QED) is 0.267. The van der Waals surface area contributed by atoms with Gasteiger partial charge in [-0.25, -0.2) is 9.78 Å². The Kier molecular flexibility index (Phi) is 5.42. The van der Waals surface area contributed by atoms with Crippen molar-refractivity contribution >= 4 is 33.5 Å². The van der Waals surface area contributed by atoms with Crippen molar-refractivity contribution in [2.75, 3.05) is 0 Å². The van der Waals surface area contributed by atoms with E-state index < -0.39 is 17.4 Å². The maximum atomic E-state index is 13.4. The fourth-order valence-corrected chi connectivity index (χ4v) is 4.51. The SMILES string of the molecule is O=c1cc(C(F)(F)F)c2cc(Cc3ccc(Sc4cc5ccccc5cn4)cc3)ccc2o1. The van der Waals surface area contributed by atoms with E-state index in [2.05, 4.69) is 4.98 Å². The molecule has 0 amide bonds. The molecule has 0 fully saturated rings. The molecule has 0 N–H and O–H groups in total. The van der Waals surface area contributed by atoms with E-state index in [1.807, 2.05) is 60.8 Å². The highest BCUT2D eigenvalue weighted by Crippen LogP contribution is 2.34. The molecule has 0 saturated heterocycles. The van der Waals surface area contributed by atoms with Crippen LogP contribution in [0, 0.1) is 0 Å². The summed E-state index contributed by atoms with van der Waals surface area (Å²) in [5, 5.41) is 2.98. The van der Waals surface area contributed by atoms with Gasteiger partial charge in [0.05, 0.1) is 5.56 Å². The predicted molar refractivity (Wildman–Crippen MR) is 123 cm³/mol. The van der Waals surface area contributed by atoms with Gasteiger partial charge in [0, 0.05) is 27.9 Å². The number of aromatic nitrogens is 1. The number of pyridine rings is 1. The molecular weight excluding hydrogens is 447 g/mol. The van der Waals surface area contributed by atoms with Crippen LogP contribution in [0.5, 0.6) is 0 Å². The molecule has 164 valence electrons. The van der Waals surface area contributed by atoms with E-state index in [0.717, 1.165) is 26.3 Å². The van der Waals surface area contributed by atoms with E-state index in [-0.39, 0.29) is 11.0 Å². The lowest BCUT2D eigenvalue weighted by Crippen LogP contribution is -2.11. The smallest absolute Gasteiger partial charge is 0.417 e. The Labute approximate surface area is 190 Å². The number of fused-ring (bicyclic) bond motifs is 2. The van der Waals surface area contributed by atoms with Crippen molar-refractivity contribution in [3.8, 4) is 0 Å².